The molecule has 2 aromatic rings. The van der Waals surface area contributed by atoms with E-state index in [1.54, 1.807) is 13.0 Å². The first-order valence-corrected chi connectivity index (χ1v) is 9.41. The zero-order chi connectivity index (χ0) is 20.4. The minimum atomic E-state index is -0.837. The zero-order valence-corrected chi connectivity index (χ0v) is 15.9. The van der Waals surface area contributed by atoms with Crippen molar-refractivity contribution in [1.82, 2.24) is 15.1 Å². The monoisotopic (exact) mass is 392 g/mol. The van der Waals surface area contributed by atoms with Crippen molar-refractivity contribution in [2.24, 2.45) is 15.9 Å². The maximum absolute atomic E-state index is 12.3. The number of nitrogens with one attached hydrogen (secondary N) is 2. The number of aromatic nitrogens is 2. The third-order valence-electron chi connectivity index (χ3n) is 4.84. The first-order valence-electron chi connectivity index (χ1n) is 9.41. The standard InChI is InChI=1S/C20H20N6O3/c1-12-10-16(23-19(29)18(28)21-11-13-6-3-2-4-7-13)26(25-12)20-22-15-9-5-8-14(15)17(27)24-20/h2-4,6-7,10,14H,5,8-9,11H2,1H3,(H,21,28)(H,23,29). The number of aryl methyl sites for hydroxylation is 1. The van der Waals surface area contributed by atoms with Gasteiger partial charge in [-0.1, -0.05) is 30.3 Å². The average molecular weight is 392 g/mol. The third kappa shape index (κ3) is 3.98. The molecule has 9 heteroatoms. The Morgan fingerprint density at radius 3 is 2.76 bits per heavy atom. The van der Waals surface area contributed by atoms with E-state index in [-0.39, 0.29) is 30.1 Å². The maximum Gasteiger partial charge on any atom is 0.314 e. The van der Waals surface area contributed by atoms with E-state index in [0.717, 1.165) is 30.5 Å². The molecular weight excluding hydrogens is 372 g/mol. The topological polar surface area (TPSA) is 118 Å². The van der Waals surface area contributed by atoms with Gasteiger partial charge in [-0.2, -0.15) is 14.8 Å². The van der Waals surface area contributed by atoms with Crippen LogP contribution in [-0.4, -0.2) is 39.2 Å². The quantitative estimate of drug-likeness (QED) is 0.768. The fraction of sp³-hybridized carbons (Fsp3) is 0.300. The first-order chi connectivity index (χ1) is 14.0. The maximum atomic E-state index is 12.3. The van der Waals surface area contributed by atoms with Crippen molar-refractivity contribution in [3.05, 3.63) is 47.7 Å². The minimum absolute atomic E-state index is 0.108. The summed E-state index contributed by atoms with van der Waals surface area (Å²) in [6.07, 6.45) is 2.42. The summed E-state index contributed by atoms with van der Waals surface area (Å²) in [6, 6.07) is 10.9. The van der Waals surface area contributed by atoms with E-state index < -0.39 is 11.8 Å². The summed E-state index contributed by atoms with van der Waals surface area (Å²) in [5, 5.41) is 9.37. The van der Waals surface area contributed by atoms with Crippen LogP contribution >= 0.6 is 0 Å². The number of carbonyl (C=O) groups is 3. The van der Waals surface area contributed by atoms with Crippen molar-refractivity contribution >= 4 is 35.2 Å². The molecule has 2 aliphatic rings. The molecule has 4 rings (SSSR count). The summed E-state index contributed by atoms with van der Waals surface area (Å²) in [6.45, 7) is 1.97. The van der Waals surface area contributed by atoms with Gasteiger partial charge < -0.3 is 10.6 Å². The number of fused-ring (bicyclic) bond motifs is 1. The van der Waals surface area contributed by atoms with Crippen LogP contribution in [0.1, 0.15) is 30.5 Å². The van der Waals surface area contributed by atoms with Gasteiger partial charge in [0.05, 0.1) is 11.6 Å². The Kier molecular flexibility index (Phi) is 5.03. The Morgan fingerprint density at radius 2 is 1.97 bits per heavy atom. The van der Waals surface area contributed by atoms with Gasteiger partial charge in [-0.15, -0.1) is 0 Å². The predicted molar refractivity (Wildman–Crippen MR) is 106 cm³/mol. The molecule has 148 valence electrons. The molecule has 29 heavy (non-hydrogen) atoms. The van der Waals surface area contributed by atoms with E-state index in [1.807, 2.05) is 30.3 Å². The summed E-state index contributed by atoms with van der Waals surface area (Å²) in [5.74, 6) is -1.75. The largest absolute Gasteiger partial charge is 0.344 e. The Hall–Kier alpha value is -3.62. The highest BCUT2D eigenvalue weighted by molar-refractivity contribution is 6.39. The Balaban J connectivity index is 1.48. The molecule has 1 atom stereocenters. The van der Waals surface area contributed by atoms with Crippen LogP contribution in [0.5, 0.6) is 0 Å². The van der Waals surface area contributed by atoms with Crippen LogP contribution in [0.2, 0.25) is 0 Å². The summed E-state index contributed by atoms with van der Waals surface area (Å²) in [4.78, 5) is 45.2. The van der Waals surface area contributed by atoms with Gasteiger partial charge in [0.1, 0.15) is 5.82 Å². The molecule has 9 nitrogen and oxygen atoms in total. The average Bonchev–Trinajstić information content (AvgIpc) is 3.33. The molecule has 2 heterocycles. The van der Waals surface area contributed by atoms with Gasteiger partial charge in [0.2, 0.25) is 0 Å². The number of anilines is 1. The number of rotatable bonds is 3. The third-order valence-corrected chi connectivity index (χ3v) is 4.84. The molecule has 0 radical (unpaired) electrons. The van der Waals surface area contributed by atoms with E-state index in [1.165, 1.54) is 4.68 Å². The molecule has 1 fully saturated rings. The molecule has 1 aliphatic heterocycles. The summed E-state index contributed by atoms with van der Waals surface area (Å²) in [5.41, 5.74) is 2.27. The Bertz CT molecular complexity index is 1040. The van der Waals surface area contributed by atoms with Gasteiger partial charge in [0, 0.05) is 18.3 Å². The Labute approximate surface area is 166 Å². The van der Waals surface area contributed by atoms with Gasteiger partial charge in [-0.05, 0) is 31.7 Å². The molecule has 3 amide bonds. The lowest BCUT2D eigenvalue weighted by Crippen LogP contribution is -2.36. The van der Waals surface area contributed by atoms with Gasteiger partial charge in [-0.25, -0.2) is 4.99 Å². The van der Waals surface area contributed by atoms with Crippen molar-refractivity contribution in [3.63, 3.8) is 0 Å². The molecule has 1 aliphatic carbocycles. The summed E-state index contributed by atoms with van der Waals surface area (Å²) < 4.78 is 1.29. The van der Waals surface area contributed by atoms with Crippen LogP contribution in [0.25, 0.3) is 0 Å². The van der Waals surface area contributed by atoms with Crippen LogP contribution in [0.15, 0.2) is 46.4 Å². The predicted octanol–water partition coefficient (Wildman–Crippen LogP) is 1.43. The van der Waals surface area contributed by atoms with Crippen LogP contribution in [0.4, 0.5) is 5.82 Å². The SMILES string of the molecule is Cc1cc(NC(=O)C(=O)NCc2ccccc2)n(C2=NC(=O)C3CCCC3=N2)n1. The molecular formula is C20H20N6O3. The number of nitrogens with zero attached hydrogens (tertiary/aromatic N) is 4. The summed E-state index contributed by atoms with van der Waals surface area (Å²) in [7, 11) is 0. The lowest BCUT2D eigenvalue weighted by Gasteiger charge is -2.15. The smallest absolute Gasteiger partial charge is 0.314 e. The van der Waals surface area contributed by atoms with Crippen molar-refractivity contribution in [2.75, 3.05) is 5.32 Å². The molecule has 1 aromatic carbocycles. The molecule has 1 unspecified atom stereocenters. The van der Waals surface area contributed by atoms with Crippen molar-refractivity contribution < 1.29 is 14.4 Å². The van der Waals surface area contributed by atoms with E-state index in [2.05, 4.69) is 25.7 Å². The lowest BCUT2D eigenvalue weighted by atomic mass is 10.1. The zero-order valence-electron chi connectivity index (χ0n) is 15.9. The molecule has 0 saturated heterocycles. The van der Waals surface area contributed by atoms with Crippen LogP contribution in [-0.2, 0) is 20.9 Å². The second-order valence-electron chi connectivity index (χ2n) is 7.00. The van der Waals surface area contributed by atoms with Crippen LogP contribution in [0, 0.1) is 12.8 Å². The number of benzene rings is 1. The first kappa shape index (κ1) is 18.7. The van der Waals surface area contributed by atoms with Crippen LogP contribution in [0.3, 0.4) is 0 Å². The number of aliphatic imine (C=N–C) groups is 2. The Morgan fingerprint density at radius 1 is 1.17 bits per heavy atom. The molecule has 0 spiro atoms. The van der Waals surface area contributed by atoms with Crippen molar-refractivity contribution in [2.45, 2.75) is 32.7 Å². The van der Waals surface area contributed by atoms with Gasteiger partial charge >= 0.3 is 11.8 Å². The normalized spacial score (nSPS) is 18.0. The second-order valence-corrected chi connectivity index (χ2v) is 7.00. The number of carbonyl (C=O) groups excluding carboxylic acids is 3. The summed E-state index contributed by atoms with van der Waals surface area (Å²) >= 11 is 0. The number of amides is 3. The molecule has 0 bridgehead atoms. The second kappa shape index (κ2) is 7.78. The van der Waals surface area contributed by atoms with Gasteiger partial charge in [0.25, 0.3) is 11.9 Å². The molecule has 1 aromatic heterocycles. The highest BCUT2D eigenvalue weighted by Gasteiger charge is 2.33. The fourth-order valence-electron chi connectivity index (χ4n) is 3.43. The highest BCUT2D eigenvalue weighted by Crippen LogP contribution is 2.27. The number of hydrogen-bond acceptors (Lipinski definition) is 5. The van der Waals surface area contributed by atoms with E-state index >= 15 is 0 Å². The van der Waals surface area contributed by atoms with Gasteiger partial charge in [0.15, 0.2) is 0 Å². The van der Waals surface area contributed by atoms with Crippen molar-refractivity contribution in [3.8, 4) is 0 Å². The van der Waals surface area contributed by atoms with Gasteiger partial charge in [-0.3, -0.25) is 14.4 Å². The van der Waals surface area contributed by atoms with E-state index in [4.69, 9.17) is 0 Å². The fourth-order valence-corrected chi connectivity index (χ4v) is 3.43. The van der Waals surface area contributed by atoms with E-state index in [0.29, 0.717) is 5.69 Å². The van der Waals surface area contributed by atoms with E-state index in [9.17, 15) is 14.4 Å². The molecule has 1 saturated carbocycles. The highest BCUT2D eigenvalue weighted by atomic mass is 16.2. The molecule has 2 N–H and O–H groups in total. The van der Waals surface area contributed by atoms with Crippen LogP contribution < -0.4 is 10.6 Å². The minimum Gasteiger partial charge on any atom is -0.344 e. The number of hydrogen-bond donors (Lipinski definition) is 2. The van der Waals surface area contributed by atoms with Crippen molar-refractivity contribution in [1.29, 1.82) is 0 Å². The lowest BCUT2D eigenvalue weighted by molar-refractivity contribution is -0.136.